The number of hydrogen-bond donors (Lipinski definition) is 1. The maximum absolute atomic E-state index is 12.4. The van der Waals surface area contributed by atoms with Crippen molar-refractivity contribution in [2.45, 2.75) is 26.0 Å². The van der Waals surface area contributed by atoms with Crippen LogP contribution >= 0.6 is 24.0 Å². The molecule has 8 heteroatoms. The van der Waals surface area contributed by atoms with Crippen LogP contribution in [-0.2, 0) is 0 Å². The Morgan fingerprint density at radius 2 is 1.60 bits per heavy atom. The summed E-state index contributed by atoms with van der Waals surface area (Å²) in [5.41, 5.74) is 3.64. The van der Waals surface area contributed by atoms with Crippen molar-refractivity contribution in [3.05, 3.63) is 112 Å². The van der Waals surface area contributed by atoms with E-state index < -0.39 is 6.10 Å². The van der Waals surface area contributed by atoms with Crippen LogP contribution in [0.5, 0.6) is 5.75 Å². The highest BCUT2D eigenvalue weighted by Crippen LogP contribution is 2.30. The number of hydrogen-bond acceptors (Lipinski definition) is 7. The normalized spacial score (nSPS) is 14.9. The number of nitrogens with zero attached hydrogens (tertiary/aromatic N) is 2. The van der Waals surface area contributed by atoms with Gasteiger partial charge < -0.3 is 19.2 Å². The number of piperazine rings is 1. The van der Waals surface area contributed by atoms with E-state index in [0.717, 1.165) is 30.5 Å². The molecule has 1 fully saturated rings. The van der Waals surface area contributed by atoms with Crippen molar-refractivity contribution in [2.75, 3.05) is 38.5 Å². The summed E-state index contributed by atoms with van der Waals surface area (Å²) in [7, 11) is 0. The zero-order chi connectivity index (χ0) is 28.1. The molecule has 0 aliphatic carbocycles. The number of thioether (sulfide) groups is 1. The standard InChI is InChI=1S/C32H34N2O4S2/c1-22-23(2)38-29-19-27(13-14-28(29)31(22)36)37-20-26(35)21-40-32(39)34-17-15-33(16-18-34)30(24-9-5-3-6-10-24)25-11-7-4-8-12-25/h3-14,19,26,30,35H,15-18,20-21H2,1-2H3. The summed E-state index contributed by atoms with van der Waals surface area (Å²) in [4.78, 5) is 17.2. The number of aliphatic hydroxyl groups excluding tert-OH is 1. The lowest BCUT2D eigenvalue weighted by atomic mass is 9.96. The molecular formula is C32H34N2O4S2. The summed E-state index contributed by atoms with van der Waals surface area (Å²) in [5.74, 6) is 1.58. The molecule has 2 heterocycles. The molecule has 0 bridgehead atoms. The van der Waals surface area contributed by atoms with Gasteiger partial charge in [-0.1, -0.05) is 84.6 Å². The van der Waals surface area contributed by atoms with Gasteiger partial charge in [0.1, 0.15) is 28.0 Å². The Labute approximate surface area is 244 Å². The van der Waals surface area contributed by atoms with Crippen LogP contribution in [0.1, 0.15) is 28.5 Å². The topological polar surface area (TPSA) is 66.2 Å². The Morgan fingerprint density at radius 3 is 2.23 bits per heavy atom. The highest BCUT2D eigenvalue weighted by molar-refractivity contribution is 8.22. The molecule has 40 heavy (non-hydrogen) atoms. The van der Waals surface area contributed by atoms with Gasteiger partial charge in [0.15, 0.2) is 5.43 Å². The minimum atomic E-state index is -0.688. The number of fused-ring (bicyclic) bond motifs is 1. The first-order valence-corrected chi connectivity index (χ1v) is 14.9. The highest BCUT2D eigenvalue weighted by Gasteiger charge is 2.27. The molecule has 1 N–H and O–H groups in total. The molecule has 4 aromatic rings. The zero-order valence-electron chi connectivity index (χ0n) is 22.8. The van der Waals surface area contributed by atoms with Crippen LogP contribution in [0.15, 0.2) is 88.1 Å². The third kappa shape index (κ3) is 6.58. The molecule has 208 valence electrons. The lowest BCUT2D eigenvalue weighted by Gasteiger charge is -2.40. The summed E-state index contributed by atoms with van der Waals surface area (Å²) in [6.07, 6.45) is -0.688. The number of ether oxygens (including phenoxy) is 1. The molecule has 1 aromatic heterocycles. The Balaban J connectivity index is 1.11. The fourth-order valence-electron chi connectivity index (χ4n) is 5.01. The van der Waals surface area contributed by atoms with Gasteiger partial charge in [-0.05, 0) is 37.1 Å². The molecule has 3 aromatic carbocycles. The summed E-state index contributed by atoms with van der Waals surface area (Å²) < 4.78 is 12.4. The second-order valence-corrected chi connectivity index (χ2v) is 11.7. The average molecular weight is 575 g/mol. The first kappa shape index (κ1) is 28.4. The number of rotatable bonds is 8. The summed E-state index contributed by atoms with van der Waals surface area (Å²) in [6, 6.07) is 26.7. The van der Waals surface area contributed by atoms with Crippen LogP contribution in [0.25, 0.3) is 11.0 Å². The van der Waals surface area contributed by atoms with Gasteiger partial charge in [0.25, 0.3) is 0 Å². The molecule has 1 aliphatic heterocycles. The van der Waals surface area contributed by atoms with Crippen molar-refractivity contribution < 1.29 is 14.3 Å². The van der Waals surface area contributed by atoms with Crippen LogP contribution in [0, 0.1) is 13.8 Å². The number of benzene rings is 3. The smallest absolute Gasteiger partial charge is 0.195 e. The average Bonchev–Trinajstić information content (AvgIpc) is 2.99. The van der Waals surface area contributed by atoms with Gasteiger partial charge >= 0.3 is 0 Å². The number of aryl methyl sites for hydroxylation is 1. The van der Waals surface area contributed by atoms with E-state index >= 15 is 0 Å². The molecule has 1 saturated heterocycles. The van der Waals surface area contributed by atoms with Crippen LogP contribution in [0.3, 0.4) is 0 Å². The lowest BCUT2D eigenvalue weighted by Crippen LogP contribution is -2.49. The summed E-state index contributed by atoms with van der Waals surface area (Å²) in [5, 5.41) is 11.1. The molecule has 0 spiro atoms. The fourth-order valence-corrected chi connectivity index (χ4v) is 6.20. The Hall–Kier alpha value is -3.17. The van der Waals surface area contributed by atoms with Crippen LogP contribution in [-0.4, -0.2) is 63.9 Å². The van der Waals surface area contributed by atoms with E-state index in [1.165, 1.54) is 22.9 Å². The summed E-state index contributed by atoms with van der Waals surface area (Å²) in [6.45, 7) is 7.15. The highest BCUT2D eigenvalue weighted by atomic mass is 32.2. The monoisotopic (exact) mass is 574 g/mol. The largest absolute Gasteiger partial charge is 0.491 e. The van der Waals surface area contributed by atoms with Gasteiger partial charge in [-0.3, -0.25) is 9.69 Å². The quantitative estimate of drug-likeness (QED) is 0.274. The van der Waals surface area contributed by atoms with E-state index in [-0.39, 0.29) is 18.1 Å². The van der Waals surface area contributed by atoms with Crippen molar-refractivity contribution in [3.63, 3.8) is 0 Å². The minimum absolute atomic E-state index is 0.0354. The first-order valence-electron chi connectivity index (χ1n) is 13.5. The Bertz CT molecular complexity index is 1460. The van der Waals surface area contributed by atoms with Crippen LogP contribution in [0.2, 0.25) is 0 Å². The molecule has 6 nitrogen and oxygen atoms in total. The van der Waals surface area contributed by atoms with E-state index in [9.17, 15) is 9.90 Å². The van der Waals surface area contributed by atoms with E-state index in [1.54, 1.807) is 32.0 Å². The zero-order valence-corrected chi connectivity index (χ0v) is 24.4. The van der Waals surface area contributed by atoms with E-state index in [1.807, 2.05) is 0 Å². The van der Waals surface area contributed by atoms with E-state index in [4.69, 9.17) is 21.4 Å². The fraction of sp³-hybridized carbons (Fsp3) is 0.312. The SMILES string of the molecule is Cc1oc2cc(OCC(O)CSC(=S)N3CCN(C(c4ccccc4)c4ccccc4)CC3)ccc2c(=O)c1C. The van der Waals surface area contributed by atoms with Crippen molar-refractivity contribution in [3.8, 4) is 5.75 Å². The molecule has 0 radical (unpaired) electrons. The van der Waals surface area contributed by atoms with E-state index in [0.29, 0.717) is 33.8 Å². The summed E-state index contributed by atoms with van der Waals surface area (Å²) >= 11 is 7.21. The van der Waals surface area contributed by atoms with Crippen LogP contribution in [0.4, 0.5) is 0 Å². The molecule has 0 saturated carbocycles. The minimum Gasteiger partial charge on any atom is -0.491 e. The van der Waals surface area contributed by atoms with Gasteiger partial charge in [-0.15, -0.1) is 0 Å². The van der Waals surface area contributed by atoms with Crippen LogP contribution < -0.4 is 10.2 Å². The van der Waals surface area contributed by atoms with Gasteiger partial charge in [-0.2, -0.15) is 0 Å². The molecule has 1 aliphatic rings. The Morgan fingerprint density at radius 1 is 0.975 bits per heavy atom. The molecule has 0 amide bonds. The van der Waals surface area contributed by atoms with Gasteiger partial charge in [-0.25, -0.2) is 0 Å². The number of aliphatic hydroxyl groups is 1. The van der Waals surface area contributed by atoms with Crippen molar-refractivity contribution >= 4 is 39.3 Å². The third-order valence-electron chi connectivity index (χ3n) is 7.34. The lowest BCUT2D eigenvalue weighted by molar-refractivity contribution is 0.126. The molecular weight excluding hydrogens is 540 g/mol. The van der Waals surface area contributed by atoms with Crippen molar-refractivity contribution in [1.29, 1.82) is 0 Å². The molecule has 1 atom stereocenters. The van der Waals surface area contributed by atoms with E-state index in [2.05, 4.69) is 70.5 Å². The second-order valence-electron chi connectivity index (χ2n) is 10.1. The Kier molecular flexibility index (Phi) is 9.22. The predicted octanol–water partition coefficient (Wildman–Crippen LogP) is 5.57. The molecule has 5 rings (SSSR count). The van der Waals surface area contributed by atoms with Gasteiger partial charge in [0.05, 0.1) is 17.5 Å². The maximum atomic E-state index is 12.4. The molecule has 1 unspecified atom stereocenters. The van der Waals surface area contributed by atoms with Gasteiger partial charge in [0, 0.05) is 43.6 Å². The number of thiocarbonyl (C=S) groups is 1. The maximum Gasteiger partial charge on any atom is 0.195 e. The van der Waals surface area contributed by atoms with Crippen molar-refractivity contribution in [2.24, 2.45) is 0 Å². The third-order valence-corrected chi connectivity index (χ3v) is 9.01. The van der Waals surface area contributed by atoms with Gasteiger partial charge in [0.2, 0.25) is 0 Å². The second kappa shape index (κ2) is 13.0. The van der Waals surface area contributed by atoms with Crippen molar-refractivity contribution in [1.82, 2.24) is 9.80 Å². The predicted molar refractivity (Wildman–Crippen MR) is 166 cm³/mol. The first-order chi connectivity index (χ1) is 19.4.